The topological polar surface area (TPSA) is 92.9 Å². The third kappa shape index (κ3) is 3.96. The number of aromatic amines is 1. The van der Waals surface area contributed by atoms with Crippen LogP contribution >= 0.6 is 12.4 Å². The Kier molecular flexibility index (Phi) is 5.77. The van der Waals surface area contributed by atoms with Gasteiger partial charge in [0.1, 0.15) is 5.69 Å². The van der Waals surface area contributed by atoms with Crippen molar-refractivity contribution in [2.24, 2.45) is 17.6 Å². The number of halogens is 1. The molecule has 1 aromatic carbocycles. The van der Waals surface area contributed by atoms with Gasteiger partial charge in [0.05, 0.1) is 5.69 Å². The summed E-state index contributed by atoms with van der Waals surface area (Å²) >= 11 is 0. The lowest BCUT2D eigenvalue weighted by Crippen LogP contribution is -2.53. The van der Waals surface area contributed by atoms with Crippen LogP contribution in [0.2, 0.25) is 0 Å². The minimum absolute atomic E-state index is 0. The molecule has 1 heterocycles. The van der Waals surface area contributed by atoms with Crippen molar-refractivity contribution in [1.29, 1.82) is 0 Å². The molecule has 2 unspecified atom stereocenters. The summed E-state index contributed by atoms with van der Waals surface area (Å²) in [5.74, 6) is 0.699. The van der Waals surface area contributed by atoms with Crippen molar-refractivity contribution in [1.82, 2.24) is 15.1 Å². The van der Waals surface area contributed by atoms with Gasteiger partial charge >= 0.3 is 0 Å². The van der Waals surface area contributed by atoms with E-state index in [9.17, 15) is 9.59 Å². The number of hydrogen-bond acceptors (Lipinski definition) is 3. The van der Waals surface area contributed by atoms with Crippen LogP contribution in [0.15, 0.2) is 35.1 Å². The molecule has 27 heavy (non-hydrogen) atoms. The van der Waals surface area contributed by atoms with Crippen LogP contribution in [0.25, 0.3) is 5.69 Å². The summed E-state index contributed by atoms with van der Waals surface area (Å²) in [4.78, 5) is 25.0. The monoisotopic (exact) mass is 390 g/mol. The Hall–Kier alpha value is -2.05. The molecule has 2 aliphatic rings. The summed E-state index contributed by atoms with van der Waals surface area (Å²) < 4.78 is 1.41. The van der Waals surface area contributed by atoms with E-state index in [1.54, 1.807) is 0 Å². The summed E-state index contributed by atoms with van der Waals surface area (Å²) in [5.41, 5.74) is 8.08. The van der Waals surface area contributed by atoms with E-state index in [4.69, 9.17) is 5.73 Å². The molecule has 2 fully saturated rings. The fourth-order valence-electron chi connectivity index (χ4n) is 4.65. The normalized spacial score (nSPS) is 26.9. The van der Waals surface area contributed by atoms with Gasteiger partial charge in [0, 0.05) is 18.2 Å². The van der Waals surface area contributed by atoms with E-state index in [2.05, 4.69) is 10.4 Å². The molecule has 0 saturated heterocycles. The summed E-state index contributed by atoms with van der Waals surface area (Å²) in [7, 11) is 0. The number of carbonyl (C=O) groups excluding carboxylic acids is 1. The standard InChI is InChI=1S/C20H26N4O2.ClH/c1-12-5-7-16(8-6-12)24-18(25)11-17(23-24)20(26)22-19-13-3-2-4-14(19)10-15(21)9-13;/h5-8,11,13-15,19,23H,2-4,9-10,21H2,1H3,(H,22,26);1H. The fraction of sp³-hybridized carbons (Fsp3) is 0.500. The number of benzene rings is 1. The van der Waals surface area contributed by atoms with Gasteiger partial charge in [0.15, 0.2) is 0 Å². The highest BCUT2D eigenvalue weighted by atomic mass is 35.5. The molecule has 4 rings (SSSR count). The SMILES string of the molecule is Cc1ccc(-n2[nH]c(C(=O)NC3C4CCCC3CC(N)C4)cc2=O)cc1.Cl. The van der Waals surface area contributed by atoms with Crippen LogP contribution in [0.5, 0.6) is 0 Å². The Balaban J connectivity index is 0.00000210. The first-order chi connectivity index (χ1) is 12.5. The van der Waals surface area contributed by atoms with Gasteiger partial charge in [-0.25, -0.2) is 4.68 Å². The highest BCUT2D eigenvalue weighted by molar-refractivity contribution is 5.92. The van der Waals surface area contributed by atoms with Crippen molar-refractivity contribution in [2.75, 3.05) is 0 Å². The van der Waals surface area contributed by atoms with Crippen LogP contribution < -0.4 is 16.6 Å². The van der Waals surface area contributed by atoms with Crippen LogP contribution in [0.4, 0.5) is 0 Å². The van der Waals surface area contributed by atoms with Crippen LogP contribution in [-0.2, 0) is 0 Å². The van der Waals surface area contributed by atoms with Crippen LogP contribution in [0.1, 0.15) is 48.2 Å². The molecule has 1 aromatic heterocycles. The minimum atomic E-state index is -0.232. The Morgan fingerprint density at radius 3 is 2.44 bits per heavy atom. The molecule has 4 N–H and O–H groups in total. The number of amides is 1. The molecule has 0 aliphatic heterocycles. The van der Waals surface area contributed by atoms with Crippen LogP contribution in [-0.4, -0.2) is 27.8 Å². The molecule has 0 spiro atoms. The highest BCUT2D eigenvalue weighted by Gasteiger charge is 2.40. The van der Waals surface area contributed by atoms with Gasteiger partial charge in [-0.3, -0.25) is 14.7 Å². The molecule has 2 aliphatic carbocycles. The number of aromatic nitrogens is 2. The zero-order chi connectivity index (χ0) is 18.3. The first kappa shape index (κ1) is 19.7. The molecular weight excluding hydrogens is 364 g/mol. The van der Waals surface area contributed by atoms with Gasteiger partial charge in [-0.15, -0.1) is 12.4 Å². The number of carbonyl (C=O) groups is 1. The van der Waals surface area contributed by atoms with Gasteiger partial charge in [0.25, 0.3) is 11.5 Å². The molecule has 1 amide bonds. The third-order valence-electron chi connectivity index (χ3n) is 5.93. The summed E-state index contributed by atoms with van der Waals surface area (Å²) in [6, 6.07) is 9.40. The van der Waals surface area contributed by atoms with Gasteiger partial charge in [-0.2, -0.15) is 0 Å². The highest BCUT2D eigenvalue weighted by Crippen LogP contribution is 2.39. The average molecular weight is 391 g/mol. The number of hydrogen-bond donors (Lipinski definition) is 3. The van der Waals surface area contributed by atoms with E-state index in [-0.39, 0.29) is 36.0 Å². The number of nitrogens with one attached hydrogen (secondary N) is 2. The van der Waals surface area contributed by atoms with Crippen molar-refractivity contribution in [3.8, 4) is 5.69 Å². The second kappa shape index (κ2) is 7.90. The Morgan fingerprint density at radius 1 is 1.19 bits per heavy atom. The summed E-state index contributed by atoms with van der Waals surface area (Å²) in [5, 5.41) is 6.13. The van der Waals surface area contributed by atoms with E-state index in [0.717, 1.165) is 36.9 Å². The lowest BCUT2D eigenvalue weighted by Gasteiger charge is -2.45. The molecule has 0 radical (unpaired) electrons. The molecule has 2 atom stereocenters. The number of rotatable bonds is 3. The van der Waals surface area contributed by atoms with Crippen molar-refractivity contribution in [3.63, 3.8) is 0 Å². The van der Waals surface area contributed by atoms with Gasteiger partial charge in [0.2, 0.25) is 0 Å². The van der Waals surface area contributed by atoms with Crippen LogP contribution in [0.3, 0.4) is 0 Å². The lowest BCUT2D eigenvalue weighted by molar-refractivity contribution is 0.0751. The lowest BCUT2D eigenvalue weighted by atomic mass is 9.67. The summed E-state index contributed by atoms with van der Waals surface area (Å²) in [6.45, 7) is 1.99. The molecular formula is C20H27ClN4O2. The predicted molar refractivity (Wildman–Crippen MR) is 108 cm³/mol. The van der Waals surface area contributed by atoms with Crippen LogP contribution in [0, 0.1) is 18.8 Å². The Bertz CT molecular complexity index is 844. The van der Waals surface area contributed by atoms with E-state index < -0.39 is 0 Å². The molecule has 146 valence electrons. The number of nitrogens with zero attached hydrogens (tertiary/aromatic N) is 1. The number of fused-ring (bicyclic) bond motifs is 2. The van der Waals surface area contributed by atoms with E-state index in [1.165, 1.54) is 17.2 Å². The molecule has 2 aromatic rings. The molecule has 2 bridgehead atoms. The second-order valence-electron chi connectivity index (χ2n) is 7.86. The van der Waals surface area contributed by atoms with Crippen molar-refractivity contribution in [2.45, 2.75) is 51.1 Å². The largest absolute Gasteiger partial charge is 0.347 e. The molecule has 2 saturated carbocycles. The fourth-order valence-corrected chi connectivity index (χ4v) is 4.65. The van der Waals surface area contributed by atoms with Crippen molar-refractivity contribution >= 4 is 18.3 Å². The van der Waals surface area contributed by atoms with E-state index in [1.807, 2.05) is 31.2 Å². The van der Waals surface area contributed by atoms with E-state index in [0.29, 0.717) is 17.5 Å². The maximum Gasteiger partial charge on any atom is 0.271 e. The maximum atomic E-state index is 12.8. The number of nitrogens with two attached hydrogens (primary N) is 1. The predicted octanol–water partition coefficient (Wildman–Crippen LogP) is 2.53. The van der Waals surface area contributed by atoms with Crippen molar-refractivity contribution in [3.05, 3.63) is 51.9 Å². The zero-order valence-corrected chi connectivity index (χ0v) is 16.3. The smallest absolute Gasteiger partial charge is 0.271 e. The third-order valence-corrected chi connectivity index (χ3v) is 5.93. The van der Waals surface area contributed by atoms with E-state index >= 15 is 0 Å². The Labute approximate surface area is 164 Å². The molecule has 7 heteroatoms. The minimum Gasteiger partial charge on any atom is -0.347 e. The second-order valence-corrected chi connectivity index (χ2v) is 7.86. The summed E-state index contributed by atoms with van der Waals surface area (Å²) in [6.07, 6.45) is 5.41. The van der Waals surface area contributed by atoms with Gasteiger partial charge < -0.3 is 11.1 Å². The van der Waals surface area contributed by atoms with Gasteiger partial charge in [-0.1, -0.05) is 24.1 Å². The Morgan fingerprint density at radius 2 is 1.81 bits per heavy atom. The first-order valence-electron chi connectivity index (χ1n) is 9.47. The zero-order valence-electron chi connectivity index (χ0n) is 15.5. The number of aryl methyl sites for hydroxylation is 1. The molecule has 6 nitrogen and oxygen atoms in total. The quantitative estimate of drug-likeness (QED) is 0.751. The number of H-pyrrole nitrogens is 1. The van der Waals surface area contributed by atoms with Crippen molar-refractivity contribution < 1.29 is 4.79 Å². The maximum absolute atomic E-state index is 12.8. The average Bonchev–Trinajstić information content (AvgIpc) is 2.98. The van der Waals surface area contributed by atoms with Gasteiger partial charge in [-0.05, 0) is 56.6 Å². The first-order valence-corrected chi connectivity index (χ1v) is 9.47.